The summed E-state index contributed by atoms with van der Waals surface area (Å²) in [6, 6.07) is 8.52. The Morgan fingerprint density at radius 3 is 2.68 bits per heavy atom. The first kappa shape index (κ1) is 15.0. The van der Waals surface area contributed by atoms with Gasteiger partial charge in [-0.2, -0.15) is 0 Å². The highest BCUT2D eigenvalue weighted by molar-refractivity contribution is 7.91. The molecule has 0 amide bonds. The minimum atomic E-state index is -2.91. The smallest absolute Gasteiger partial charge is 0.315 e. The van der Waals surface area contributed by atoms with Crippen LogP contribution < -0.4 is 5.32 Å². The molecule has 0 saturated carbocycles. The lowest BCUT2D eigenvalue weighted by Gasteiger charge is -2.06. The molecule has 1 N–H and O–H groups in total. The van der Waals surface area contributed by atoms with Crippen molar-refractivity contribution in [2.24, 2.45) is 0 Å². The zero-order valence-electron chi connectivity index (χ0n) is 12.4. The molecule has 7 heteroatoms. The quantitative estimate of drug-likeness (QED) is 0.903. The van der Waals surface area contributed by atoms with Gasteiger partial charge in [0.2, 0.25) is 5.89 Å². The number of anilines is 1. The number of nitrogens with zero attached hydrogens (tertiary/aromatic N) is 2. The zero-order valence-corrected chi connectivity index (χ0v) is 13.3. The lowest BCUT2D eigenvalue weighted by atomic mass is 10.1. The number of hydrogen-bond donors (Lipinski definition) is 1. The van der Waals surface area contributed by atoms with Gasteiger partial charge >= 0.3 is 6.01 Å². The largest absolute Gasteiger partial charge is 0.408 e. The van der Waals surface area contributed by atoms with Crippen LogP contribution in [-0.2, 0) is 22.7 Å². The van der Waals surface area contributed by atoms with Crippen LogP contribution in [0.4, 0.5) is 6.01 Å². The molecule has 1 aliphatic heterocycles. The van der Waals surface area contributed by atoms with E-state index in [1.807, 2.05) is 0 Å². The van der Waals surface area contributed by atoms with Crippen LogP contribution in [0.5, 0.6) is 0 Å². The fourth-order valence-electron chi connectivity index (χ4n) is 2.50. The Kier molecular flexibility index (Phi) is 4.15. The molecule has 0 bridgehead atoms. The Morgan fingerprint density at radius 1 is 1.23 bits per heavy atom. The van der Waals surface area contributed by atoms with Gasteiger partial charge in [0.25, 0.3) is 0 Å². The summed E-state index contributed by atoms with van der Waals surface area (Å²) < 4.78 is 28.4. The van der Waals surface area contributed by atoms with E-state index in [0.717, 1.165) is 6.42 Å². The number of hydrogen-bond acceptors (Lipinski definition) is 6. The Morgan fingerprint density at radius 2 is 2.00 bits per heavy atom. The molecule has 2 aromatic rings. The van der Waals surface area contributed by atoms with Crippen LogP contribution in [0.25, 0.3) is 0 Å². The first-order valence-electron chi connectivity index (χ1n) is 7.35. The molecule has 1 atom stereocenters. The van der Waals surface area contributed by atoms with E-state index >= 15 is 0 Å². The van der Waals surface area contributed by atoms with E-state index < -0.39 is 9.84 Å². The molecule has 1 aliphatic rings. The van der Waals surface area contributed by atoms with Crippen LogP contribution in [0.15, 0.2) is 28.7 Å². The van der Waals surface area contributed by atoms with Crippen LogP contribution in [0.3, 0.4) is 0 Å². The Hall–Kier alpha value is -1.89. The van der Waals surface area contributed by atoms with Crippen molar-refractivity contribution in [1.29, 1.82) is 0 Å². The van der Waals surface area contributed by atoms with Crippen molar-refractivity contribution < 1.29 is 12.8 Å². The summed E-state index contributed by atoms with van der Waals surface area (Å²) in [5.41, 5.74) is 2.46. The fourth-order valence-corrected chi connectivity index (χ4v) is 4.18. The van der Waals surface area contributed by atoms with Crippen LogP contribution in [0.2, 0.25) is 0 Å². The van der Waals surface area contributed by atoms with Crippen LogP contribution in [0.1, 0.15) is 23.4 Å². The Bertz CT molecular complexity index is 738. The third kappa shape index (κ3) is 3.85. The fraction of sp³-hybridized carbons (Fsp3) is 0.467. The lowest BCUT2D eigenvalue weighted by molar-refractivity contribution is 0.499. The van der Waals surface area contributed by atoms with Gasteiger partial charge in [-0.15, -0.1) is 5.10 Å². The van der Waals surface area contributed by atoms with Crippen molar-refractivity contribution in [2.45, 2.75) is 32.2 Å². The molecule has 0 radical (unpaired) electrons. The van der Waals surface area contributed by atoms with E-state index in [1.165, 1.54) is 11.1 Å². The highest BCUT2D eigenvalue weighted by Crippen LogP contribution is 2.17. The zero-order chi connectivity index (χ0) is 15.6. The predicted octanol–water partition coefficient (Wildman–Crippen LogP) is 1.76. The van der Waals surface area contributed by atoms with E-state index in [4.69, 9.17) is 4.42 Å². The molecule has 1 saturated heterocycles. The summed E-state index contributed by atoms with van der Waals surface area (Å²) in [6.45, 7) is 2.06. The highest BCUT2D eigenvalue weighted by atomic mass is 32.2. The van der Waals surface area contributed by atoms with Crippen molar-refractivity contribution in [3.8, 4) is 0 Å². The van der Waals surface area contributed by atoms with E-state index in [-0.39, 0.29) is 17.5 Å². The number of benzene rings is 1. The predicted molar refractivity (Wildman–Crippen MR) is 83.6 cm³/mol. The second-order valence-electron chi connectivity index (χ2n) is 5.73. The van der Waals surface area contributed by atoms with Gasteiger partial charge in [0.05, 0.1) is 11.5 Å². The second-order valence-corrected chi connectivity index (χ2v) is 7.96. The van der Waals surface area contributed by atoms with Crippen molar-refractivity contribution in [2.75, 3.05) is 16.8 Å². The van der Waals surface area contributed by atoms with Crippen molar-refractivity contribution >= 4 is 15.9 Å². The summed E-state index contributed by atoms with van der Waals surface area (Å²) in [6.07, 6.45) is 2.09. The van der Waals surface area contributed by atoms with Crippen molar-refractivity contribution in [3.05, 3.63) is 41.3 Å². The van der Waals surface area contributed by atoms with E-state index in [2.05, 4.69) is 46.7 Å². The molecule has 3 rings (SSSR count). The molecule has 1 aromatic heterocycles. The van der Waals surface area contributed by atoms with Gasteiger partial charge < -0.3 is 9.73 Å². The average molecular weight is 321 g/mol. The van der Waals surface area contributed by atoms with Crippen LogP contribution in [0, 0.1) is 6.92 Å². The number of aromatic nitrogens is 2. The molecule has 22 heavy (non-hydrogen) atoms. The van der Waals surface area contributed by atoms with Gasteiger partial charge in [0, 0.05) is 12.5 Å². The van der Waals surface area contributed by atoms with Gasteiger partial charge in [-0.05, 0) is 25.3 Å². The number of rotatable bonds is 5. The van der Waals surface area contributed by atoms with Crippen molar-refractivity contribution in [1.82, 2.24) is 10.2 Å². The topological polar surface area (TPSA) is 85.1 Å². The van der Waals surface area contributed by atoms with Gasteiger partial charge in [-0.1, -0.05) is 34.9 Å². The Balaban J connectivity index is 1.54. The van der Waals surface area contributed by atoms with Gasteiger partial charge in [0.15, 0.2) is 9.84 Å². The SMILES string of the molecule is Cc1ccc(CCc2nnc(NC3CCS(=O)(=O)C3)o2)cc1. The first-order valence-corrected chi connectivity index (χ1v) is 9.17. The van der Waals surface area contributed by atoms with Gasteiger partial charge in [-0.25, -0.2) is 8.42 Å². The highest BCUT2D eigenvalue weighted by Gasteiger charge is 2.28. The summed E-state index contributed by atoms with van der Waals surface area (Å²) in [5, 5.41) is 10.9. The molecule has 1 unspecified atom stereocenters. The minimum absolute atomic E-state index is 0.129. The van der Waals surface area contributed by atoms with Gasteiger partial charge in [0.1, 0.15) is 0 Å². The lowest BCUT2D eigenvalue weighted by Crippen LogP contribution is -2.20. The minimum Gasteiger partial charge on any atom is -0.408 e. The first-order chi connectivity index (χ1) is 10.5. The summed E-state index contributed by atoms with van der Waals surface area (Å²) in [4.78, 5) is 0. The molecular weight excluding hydrogens is 302 g/mol. The summed E-state index contributed by atoms with van der Waals surface area (Å²) in [7, 11) is -2.91. The molecule has 118 valence electrons. The molecule has 2 heterocycles. The number of sulfone groups is 1. The van der Waals surface area contributed by atoms with Crippen LogP contribution >= 0.6 is 0 Å². The van der Waals surface area contributed by atoms with E-state index in [1.54, 1.807) is 0 Å². The van der Waals surface area contributed by atoms with Crippen molar-refractivity contribution in [3.63, 3.8) is 0 Å². The third-order valence-corrected chi connectivity index (χ3v) is 5.54. The summed E-state index contributed by atoms with van der Waals surface area (Å²) in [5.74, 6) is 0.914. The normalized spacial score (nSPS) is 20.1. The van der Waals surface area contributed by atoms with E-state index in [0.29, 0.717) is 24.7 Å². The monoisotopic (exact) mass is 321 g/mol. The standard InChI is InChI=1S/C15H19N3O3S/c1-11-2-4-12(5-3-11)6-7-14-17-18-15(21-14)16-13-8-9-22(19,20)10-13/h2-5,13H,6-10H2,1H3,(H,16,18). The molecule has 0 spiro atoms. The summed E-state index contributed by atoms with van der Waals surface area (Å²) >= 11 is 0. The Labute approximate surface area is 129 Å². The maximum absolute atomic E-state index is 11.4. The molecular formula is C15H19N3O3S. The molecule has 1 aromatic carbocycles. The second kappa shape index (κ2) is 6.08. The van der Waals surface area contributed by atoms with Crippen LogP contribution in [-0.4, -0.2) is 36.2 Å². The molecule has 6 nitrogen and oxygen atoms in total. The van der Waals surface area contributed by atoms with E-state index in [9.17, 15) is 8.42 Å². The number of aryl methyl sites for hydroxylation is 3. The molecule has 0 aliphatic carbocycles. The molecule has 1 fully saturated rings. The maximum atomic E-state index is 11.4. The van der Waals surface area contributed by atoms with Gasteiger partial charge in [-0.3, -0.25) is 0 Å². The third-order valence-electron chi connectivity index (χ3n) is 3.78. The average Bonchev–Trinajstić information content (AvgIpc) is 3.05. The maximum Gasteiger partial charge on any atom is 0.315 e. The number of nitrogens with one attached hydrogen (secondary N) is 1.